The highest BCUT2D eigenvalue weighted by Gasteiger charge is 2.37. The van der Waals surface area contributed by atoms with Crippen molar-refractivity contribution in [3.05, 3.63) is 35.6 Å². The zero-order valence-corrected chi connectivity index (χ0v) is 15.5. The van der Waals surface area contributed by atoms with Gasteiger partial charge in [-0.15, -0.1) is 0 Å². The number of piperidine rings is 1. The van der Waals surface area contributed by atoms with Gasteiger partial charge in [-0.25, -0.2) is 9.11 Å². The third-order valence-electron chi connectivity index (χ3n) is 5.44. The van der Waals surface area contributed by atoms with Gasteiger partial charge in [0, 0.05) is 38.3 Å². The van der Waals surface area contributed by atoms with Crippen molar-refractivity contribution >= 4 is 10.2 Å². The van der Waals surface area contributed by atoms with Crippen molar-refractivity contribution in [2.24, 2.45) is 5.92 Å². The Bertz CT molecular complexity index is 689. The molecule has 0 spiro atoms. The van der Waals surface area contributed by atoms with E-state index < -0.39 is 15.6 Å². The highest BCUT2D eigenvalue weighted by molar-refractivity contribution is 7.87. The number of nitrogens with one attached hydrogen (secondary N) is 1. The topological polar surface area (TPSA) is 58.6 Å². The van der Waals surface area contributed by atoms with Crippen molar-refractivity contribution in [2.45, 2.75) is 38.0 Å². The lowest BCUT2D eigenvalue weighted by atomic mass is 9.74. The van der Waals surface area contributed by atoms with Crippen LogP contribution < -0.4 is 4.72 Å². The summed E-state index contributed by atoms with van der Waals surface area (Å²) in [5.74, 6) is 0.0849. The van der Waals surface area contributed by atoms with Gasteiger partial charge < -0.3 is 4.74 Å². The Labute approximate surface area is 149 Å². The standard InChI is InChI=1S/C18H27FN2O3S/c1-15-4-3-9-21(13-15)25(22,23)20-14-18(7-10-24-11-8-18)16-5-2-6-17(19)12-16/h2,5-6,12,15,20H,3-4,7-11,13-14H2,1H3. The number of nitrogens with zero attached hydrogens (tertiary/aromatic N) is 1. The van der Waals surface area contributed by atoms with Gasteiger partial charge in [-0.3, -0.25) is 0 Å². The minimum Gasteiger partial charge on any atom is -0.381 e. The molecule has 1 atom stereocenters. The summed E-state index contributed by atoms with van der Waals surface area (Å²) in [4.78, 5) is 0. The van der Waals surface area contributed by atoms with Gasteiger partial charge in [-0.05, 0) is 49.3 Å². The quantitative estimate of drug-likeness (QED) is 0.866. The zero-order chi connectivity index (χ0) is 17.9. The summed E-state index contributed by atoms with van der Waals surface area (Å²) in [5.41, 5.74) is 0.417. The van der Waals surface area contributed by atoms with Crippen LogP contribution in [0.3, 0.4) is 0 Å². The summed E-state index contributed by atoms with van der Waals surface area (Å²) in [6.45, 7) is 4.58. The summed E-state index contributed by atoms with van der Waals surface area (Å²) < 4.78 is 49.0. The molecule has 5 nitrogen and oxygen atoms in total. The fraction of sp³-hybridized carbons (Fsp3) is 0.667. The molecule has 2 aliphatic heterocycles. The van der Waals surface area contributed by atoms with E-state index in [4.69, 9.17) is 4.74 Å². The molecule has 2 fully saturated rings. The molecular formula is C18H27FN2O3S. The molecule has 2 aliphatic rings. The molecule has 0 aromatic heterocycles. The first-order chi connectivity index (χ1) is 11.9. The van der Waals surface area contributed by atoms with Gasteiger partial charge in [-0.1, -0.05) is 19.1 Å². The van der Waals surface area contributed by atoms with Crippen LogP contribution in [0.4, 0.5) is 4.39 Å². The van der Waals surface area contributed by atoms with Gasteiger partial charge in [0.1, 0.15) is 5.82 Å². The molecule has 1 N–H and O–H groups in total. The Morgan fingerprint density at radius 2 is 2.12 bits per heavy atom. The van der Waals surface area contributed by atoms with Gasteiger partial charge in [0.15, 0.2) is 0 Å². The molecule has 0 amide bonds. The maximum absolute atomic E-state index is 13.7. The minimum atomic E-state index is -3.52. The van der Waals surface area contributed by atoms with Crippen LogP contribution in [0.5, 0.6) is 0 Å². The SMILES string of the molecule is CC1CCCN(S(=O)(=O)NCC2(c3cccc(F)c3)CCOCC2)C1. The van der Waals surface area contributed by atoms with Crippen LogP contribution in [-0.2, 0) is 20.4 Å². The third kappa shape index (κ3) is 4.39. The Hall–Kier alpha value is -1.02. The van der Waals surface area contributed by atoms with E-state index in [9.17, 15) is 12.8 Å². The number of hydrogen-bond donors (Lipinski definition) is 1. The number of halogens is 1. The maximum atomic E-state index is 13.7. The monoisotopic (exact) mass is 370 g/mol. The van der Waals surface area contributed by atoms with Crippen LogP contribution in [0.15, 0.2) is 24.3 Å². The first-order valence-electron chi connectivity index (χ1n) is 9.00. The molecule has 2 heterocycles. The lowest BCUT2D eigenvalue weighted by Gasteiger charge is -2.39. The molecule has 0 saturated carbocycles. The fourth-order valence-corrected chi connectivity index (χ4v) is 5.29. The van der Waals surface area contributed by atoms with Gasteiger partial charge in [0.2, 0.25) is 0 Å². The number of ether oxygens (including phenoxy) is 1. The molecule has 1 aromatic rings. The molecule has 0 aliphatic carbocycles. The summed E-state index contributed by atoms with van der Waals surface area (Å²) in [6, 6.07) is 6.49. The molecule has 7 heteroatoms. The Kier molecular flexibility index (Phi) is 5.78. The second-order valence-electron chi connectivity index (χ2n) is 7.33. The van der Waals surface area contributed by atoms with E-state index in [-0.39, 0.29) is 12.4 Å². The van der Waals surface area contributed by atoms with Crippen LogP contribution in [0, 0.1) is 11.7 Å². The smallest absolute Gasteiger partial charge is 0.279 e. The normalized spacial score (nSPS) is 25.0. The van der Waals surface area contributed by atoms with Gasteiger partial charge in [0.05, 0.1) is 0 Å². The predicted octanol–water partition coefficient (Wildman–Crippen LogP) is 2.44. The second-order valence-corrected chi connectivity index (χ2v) is 9.09. The summed E-state index contributed by atoms with van der Waals surface area (Å²) in [5, 5.41) is 0. The fourth-order valence-electron chi connectivity index (χ4n) is 3.83. The number of hydrogen-bond acceptors (Lipinski definition) is 3. The average molecular weight is 370 g/mol. The Morgan fingerprint density at radius 1 is 1.36 bits per heavy atom. The van der Waals surface area contributed by atoms with Gasteiger partial charge in [-0.2, -0.15) is 12.7 Å². The lowest BCUT2D eigenvalue weighted by molar-refractivity contribution is 0.0514. The van der Waals surface area contributed by atoms with Gasteiger partial charge >= 0.3 is 0 Å². The molecule has 0 radical (unpaired) electrons. The molecule has 25 heavy (non-hydrogen) atoms. The van der Waals surface area contributed by atoms with Crippen LogP contribution in [0.1, 0.15) is 38.2 Å². The molecule has 1 unspecified atom stereocenters. The predicted molar refractivity (Wildman–Crippen MR) is 95.0 cm³/mol. The van der Waals surface area contributed by atoms with Crippen molar-refractivity contribution in [1.29, 1.82) is 0 Å². The van der Waals surface area contributed by atoms with Crippen molar-refractivity contribution in [2.75, 3.05) is 32.8 Å². The van der Waals surface area contributed by atoms with Crippen molar-refractivity contribution in [3.63, 3.8) is 0 Å². The molecule has 3 rings (SSSR count). The summed E-state index contributed by atoms with van der Waals surface area (Å²) in [7, 11) is -3.52. The van der Waals surface area contributed by atoms with E-state index in [1.54, 1.807) is 10.4 Å². The van der Waals surface area contributed by atoms with E-state index in [2.05, 4.69) is 11.6 Å². The van der Waals surface area contributed by atoms with E-state index in [1.165, 1.54) is 12.1 Å². The van der Waals surface area contributed by atoms with Crippen LogP contribution in [0.25, 0.3) is 0 Å². The van der Waals surface area contributed by atoms with Crippen molar-refractivity contribution in [3.8, 4) is 0 Å². The van der Waals surface area contributed by atoms with Crippen molar-refractivity contribution in [1.82, 2.24) is 9.03 Å². The summed E-state index contributed by atoms with van der Waals surface area (Å²) >= 11 is 0. The summed E-state index contributed by atoms with van der Waals surface area (Å²) in [6.07, 6.45) is 3.31. The number of benzene rings is 1. The number of rotatable bonds is 5. The lowest BCUT2D eigenvalue weighted by Crippen LogP contribution is -2.50. The van der Waals surface area contributed by atoms with Crippen LogP contribution in [-0.4, -0.2) is 45.6 Å². The first-order valence-corrected chi connectivity index (χ1v) is 10.4. The van der Waals surface area contributed by atoms with E-state index >= 15 is 0 Å². The molecule has 1 aromatic carbocycles. The first kappa shape index (κ1) is 18.8. The molecule has 2 saturated heterocycles. The molecule has 140 valence electrons. The highest BCUT2D eigenvalue weighted by atomic mass is 32.2. The Balaban J connectivity index is 1.77. The molecule has 0 bridgehead atoms. The second kappa shape index (κ2) is 7.70. The maximum Gasteiger partial charge on any atom is 0.279 e. The largest absolute Gasteiger partial charge is 0.381 e. The van der Waals surface area contributed by atoms with E-state index in [1.807, 2.05) is 6.07 Å². The van der Waals surface area contributed by atoms with Gasteiger partial charge in [0.25, 0.3) is 10.2 Å². The molecular weight excluding hydrogens is 343 g/mol. The third-order valence-corrected chi connectivity index (χ3v) is 6.96. The zero-order valence-electron chi connectivity index (χ0n) is 14.7. The van der Waals surface area contributed by atoms with Crippen molar-refractivity contribution < 1.29 is 17.5 Å². The van der Waals surface area contributed by atoms with Crippen LogP contribution in [0.2, 0.25) is 0 Å². The Morgan fingerprint density at radius 3 is 2.80 bits per heavy atom. The minimum absolute atomic E-state index is 0.271. The van der Waals surface area contributed by atoms with E-state index in [0.717, 1.165) is 18.4 Å². The van der Waals surface area contributed by atoms with E-state index in [0.29, 0.717) is 45.1 Å². The average Bonchev–Trinajstić information content (AvgIpc) is 2.61. The highest BCUT2D eigenvalue weighted by Crippen LogP contribution is 2.35. The van der Waals surface area contributed by atoms with Crippen LogP contribution >= 0.6 is 0 Å².